The molecule has 0 heterocycles. The SMILES string of the molecule is O=C(/C=C/c1ccccc1)NCCC(=O)NO. The van der Waals surface area contributed by atoms with Gasteiger partial charge in [-0.3, -0.25) is 14.8 Å². The highest BCUT2D eigenvalue weighted by atomic mass is 16.5. The Balaban J connectivity index is 2.30. The van der Waals surface area contributed by atoms with Crippen LogP contribution in [0, 0.1) is 0 Å². The second-order valence-corrected chi connectivity index (χ2v) is 3.32. The molecule has 2 amide bonds. The molecule has 17 heavy (non-hydrogen) atoms. The van der Waals surface area contributed by atoms with Crippen LogP contribution in [-0.2, 0) is 9.59 Å². The molecular weight excluding hydrogens is 220 g/mol. The Hall–Kier alpha value is -2.14. The number of hydrogen-bond acceptors (Lipinski definition) is 3. The van der Waals surface area contributed by atoms with Gasteiger partial charge in [-0.2, -0.15) is 0 Å². The quantitative estimate of drug-likeness (QED) is 0.399. The number of hydrogen-bond donors (Lipinski definition) is 3. The lowest BCUT2D eigenvalue weighted by molar-refractivity contribution is -0.129. The van der Waals surface area contributed by atoms with Gasteiger partial charge in [0.05, 0.1) is 0 Å². The van der Waals surface area contributed by atoms with E-state index in [2.05, 4.69) is 5.32 Å². The second-order valence-electron chi connectivity index (χ2n) is 3.32. The molecular formula is C12H14N2O3. The van der Waals surface area contributed by atoms with Gasteiger partial charge >= 0.3 is 0 Å². The van der Waals surface area contributed by atoms with Crippen molar-refractivity contribution < 1.29 is 14.8 Å². The molecule has 0 aliphatic carbocycles. The topological polar surface area (TPSA) is 78.4 Å². The second kappa shape index (κ2) is 7.19. The number of benzene rings is 1. The minimum atomic E-state index is -0.530. The van der Waals surface area contributed by atoms with Crippen LogP contribution < -0.4 is 10.8 Å². The van der Waals surface area contributed by atoms with Crippen molar-refractivity contribution in [2.45, 2.75) is 6.42 Å². The molecule has 1 aromatic carbocycles. The Kier molecular flexibility index (Phi) is 5.46. The molecule has 0 aliphatic heterocycles. The zero-order valence-electron chi connectivity index (χ0n) is 9.22. The zero-order valence-corrected chi connectivity index (χ0v) is 9.22. The number of nitrogens with one attached hydrogen (secondary N) is 2. The van der Waals surface area contributed by atoms with Gasteiger partial charge < -0.3 is 5.32 Å². The summed E-state index contributed by atoms with van der Waals surface area (Å²) >= 11 is 0. The summed E-state index contributed by atoms with van der Waals surface area (Å²) < 4.78 is 0. The van der Waals surface area contributed by atoms with Gasteiger partial charge in [0.2, 0.25) is 11.8 Å². The lowest BCUT2D eigenvalue weighted by Crippen LogP contribution is -2.28. The molecule has 0 unspecified atom stereocenters. The van der Waals surface area contributed by atoms with E-state index in [4.69, 9.17) is 5.21 Å². The lowest BCUT2D eigenvalue weighted by atomic mass is 10.2. The molecule has 0 fully saturated rings. The van der Waals surface area contributed by atoms with E-state index >= 15 is 0 Å². The normalized spacial score (nSPS) is 10.2. The van der Waals surface area contributed by atoms with Crippen molar-refractivity contribution in [2.24, 2.45) is 0 Å². The van der Waals surface area contributed by atoms with Gasteiger partial charge in [-0.1, -0.05) is 30.3 Å². The van der Waals surface area contributed by atoms with E-state index in [-0.39, 0.29) is 18.9 Å². The van der Waals surface area contributed by atoms with Gasteiger partial charge in [0, 0.05) is 19.0 Å². The van der Waals surface area contributed by atoms with Gasteiger partial charge in [0.25, 0.3) is 0 Å². The minimum Gasteiger partial charge on any atom is -0.352 e. The summed E-state index contributed by atoms with van der Waals surface area (Å²) in [4.78, 5) is 21.9. The Labute approximate surface area is 99.1 Å². The first kappa shape index (κ1) is 12.9. The summed E-state index contributed by atoms with van der Waals surface area (Å²) in [5.41, 5.74) is 2.41. The monoisotopic (exact) mass is 234 g/mol. The van der Waals surface area contributed by atoms with E-state index < -0.39 is 5.91 Å². The maximum atomic E-state index is 11.3. The van der Waals surface area contributed by atoms with Crippen molar-refractivity contribution in [1.29, 1.82) is 0 Å². The number of carbonyl (C=O) groups excluding carboxylic acids is 2. The van der Waals surface area contributed by atoms with Crippen LogP contribution in [0.3, 0.4) is 0 Å². The van der Waals surface area contributed by atoms with Gasteiger partial charge in [-0.25, -0.2) is 5.48 Å². The molecule has 3 N–H and O–H groups in total. The Morgan fingerprint density at radius 3 is 2.59 bits per heavy atom. The highest BCUT2D eigenvalue weighted by Crippen LogP contribution is 2.00. The molecule has 0 radical (unpaired) electrons. The van der Waals surface area contributed by atoms with Gasteiger partial charge in [0.1, 0.15) is 0 Å². The number of hydroxylamine groups is 1. The molecule has 0 spiro atoms. The first-order chi connectivity index (χ1) is 8.22. The van der Waals surface area contributed by atoms with E-state index in [1.165, 1.54) is 11.6 Å². The molecule has 0 saturated heterocycles. The van der Waals surface area contributed by atoms with Crippen LogP contribution in [0.2, 0.25) is 0 Å². The highest BCUT2D eigenvalue weighted by Gasteiger charge is 1.99. The average Bonchev–Trinajstić information content (AvgIpc) is 2.37. The summed E-state index contributed by atoms with van der Waals surface area (Å²) in [5, 5.41) is 10.7. The van der Waals surface area contributed by atoms with Crippen LogP contribution in [0.5, 0.6) is 0 Å². The Bertz CT molecular complexity index is 401. The van der Waals surface area contributed by atoms with Gasteiger partial charge in [-0.15, -0.1) is 0 Å². The molecule has 0 saturated carbocycles. The predicted octanol–water partition coefficient (Wildman–Crippen LogP) is 0.712. The predicted molar refractivity (Wildman–Crippen MR) is 63.0 cm³/mol. The molecule has 1 rings (SSSR count). The van der Waals surface area contributed by atoms with E-state index in [9.17, 15) is 9.59 Å². The Morgan fingerprint density at radius 1 is 1.24 bits per heavy atom. The van der Waals surface area contributed by atoms with Crippen LogP contribution >= 0.6 is 0 Å². The summed E-state index contributed by atoms with van der Waals surface area (Å²) in [6.45, 7) is 0.185. The molecule has 0 aromatic heterocycles. The molecule has 5 nitrogen and oxygen atoms in total. The summed E-state index contributed by atoms with van der Waals surface area (Å²) in [5.74, 6) is -0.808. The maximum Gasteiger partial charge on any atom is 0.245 e. The van der Waals surface area contributed by atoms with E-state index in [1.54, 1.807) is 6.08 Å². The van der Waals surface area contributed by atoms with Crippen molar-refractivity contribution in [3.63, 3.8) is 0 Å². The fraction of sp³-hybridized carbons (Fsp3) is 0.167. The van der Waals surface area contributed by atoms with Crippen LogP contribution in [0.4, 0.5) is 0 Å². The average molecular weight is 234 g/mol. The third-order valence-electron chi connectivity index (χ3n) is 2.00. The van der Waals surface area contributed by atoms with Crippen molar-refractivity contribution >= 4 is 17.9 Å². The Morgan fingerprint density at radius 2 is 1.94 bits per heavy atom. The number of amides is 2. The first-order valence-electron chi connectivity index (χ1n) is 5.16. The van der Waals surface area contributed by atoms with Gasteiger partial charge in [0.15, 0.2) is 0 Å². The largest absolute Gasteiger partial charge is 0.352 e. The van der Waals surface area contributed by atoms with Gasteiger partial charge in [-0.05, 0) is 11.6 Å². The van der Waals surface area contributed by atoms with E-state index in [0.29, 0.717) is 0 Å². The van der Waals surface area contributed by atoms with Crippen molar-refractivity contribution in [1.82, 2.24) is 10.8 Å². The summed E-state index contributed by atoms with van der Waals surface area (Å²) in [7, 11) is 0. The van der Waals surface area contributed by atoms with Crippen LogP contribution in [0.15, 0.2) is 36.4 Å². The van der Waals surface area contributed by atoms with Crippen LogP contribution in [0.1, 0.15) is 12.0 Å². The van der Waals surface area contributed by atoms with Crippen LogP contribution in [-0.4, -0.2) is 23.6 Å². The fourth-order valence-corrected chi connectivity index (χ4v) is 1.15. The molecule has 5 heteroatoms. The molecule has 0 atom stereocenters. The third kappa shape index (κ3) is 5.48. The van der Waals surface area contributed by atoms with Crippen LogP contribution in [0.25, 0.3) is 6.08 Å². The fourth-order valence-electron chi connectivity index (χ4n) is 1.15. The number of carbonyl (C=O) groups is 2. The van der Waals surface area contributed by atoms with E-state index in [0.717, 1.165) is 5.56 Å². The molecule has 1 aromatic rings. The van der Waals surface area contributed by atoms with Crippen molar-refractivity contribution in [3.8, 4) is 0 Å². The third-order valence-corrected chi connectivity index (χ3v) is 2.00. The van der Waals surface area contributed by atoms with Crippen molar-refractivity contribution in [3.05, 3.63) is 42.0 Å². The maximum absolute atomic E-state index is 11.3. The summed E-state index contributed by atoms with van der Waals surface area (Å²) in [6.07, 6.45) is 3.12. The van der Waals surface area contributed by atoms with Crippen molar-refractivity contribution in [2.75, 3.05) is 6.54 Å². The molecule has 0 bridgehead atoms. The van der Waals surface area contributed by atoms with E-state index in [1.807, 2.05) is 30.3 Å². The minimum absolute atomic E-state index is 0.0431. The standard InChI is InChI=1S/C12H14N2O3/c15-11(13-9-8-12(16)14-17)7-6-10-4-2-1-3-5-10/h1-7,17H,8-9H2,(H,13,15)(H,14,16)/b7-6+. The lowest BCUT2D eigenvalue weighted by Gasteiger charge is -2.00. The smallest absolute Gasteiger partial charge is 0.245 e. The summed E-state index contributed by atoms with van der Waals surface area (Å²) in [6, 6.07) is 9.41. The zero-order chi connectivity index (χ0) is 12.5. The highest BCUT2D eigenvalue weighted by molar-refractivity contribution is 5.91. The number of rotatable bonds is 5. The first-order valence-corrected chi connectivity index (χ1v) is 5.16. The molecule has 90 valence electrons. The molecule has 0 aliphatic rings.